The van der Waals surface area contributed by atoms with Crippen LogP contribution >= 0.6 is 0 Å². The third-order valence-corrected chi connectivity index (χ3v) is 3.34. The highest BCUT2D eigenvalue weighted by Crippen LogP contribution is 2.21. The summed E-state index contributed by atoms with van der Waals surface area (Å²) < 4.78 is 6.74. The smallest absolute Gasteiger partial charge is 0.269 e. The maximum atomic E-state index is 12.2. The number of benzene rings is 1. The van der Waals surface area contributed by atoms with E-state index in [0.717, 1.165) is 23.6 Å². The minimum absolute atomic E-state index is 0.114. The fourth-order valence-corrected chi connectivity index (χ4v) is 2.07. The van der Waals surface area contributed by atoms with Crippen LogP contribution in [-0.4, -0.2) is 54.9 Å². The third-order valence-electron chi connectivity index (χ3n) is 3.34. The molecule has 0 unspecified atom stereocenters. The Bertz CT molecular complexity index is 632. The second-order valence-electron chi connectivity index (χ2n) is 5.33. The molecule has 6 heteroatoms. The number of rotatable bonds is 6. The maximum absolute atomic E-state index is 12.2. The molecular formula is C16H22N4O2. The van der Waals surface area contributed by atoms with E-state index in [-0.39, 0.29) is 5.91 Å². The van der Waals surface area contributed by atoms with Gasteiger partial charge in [-0.3, -0.25) is 9.48 Å². The Morgan fingerprint density at radius 2 is 2.00 bits per heavy atom. The van der Waals surface area contributed by atoms with Gasteiger partial charge in [0.25, 0.3) is 5.91 Å². The van der Waals surface area contributed by atoms with Crippen molar-refractivity contribution in [3.8, 4) is 17.0 Å². The van der Waals surface area contributed by atoms with Crippen molar-refractivity contribution in [2.75, 3.05) is 34.3 Å². The van der Waals surface area contributed by atoms with Crippen LogP contribution in [0, 0.1) is 0 Å². The number of hydrogen-bond acceptors (Lipinski definition) is 4. The first kappa shape index (κ1) is 16.0. The molecule has 22 heavy (non-hydrogen) atoms. The largest absolute Gasteiger partial charge is 0.497 e. The Morgan fingerprint density at radius 1 is 1.32 bits per heavy atom. The lowest BCUT2D eigenvalue weighted by Crippen LogP contribution is -2.32. The Kier molecular flexibility index (Phi) is 5.16. The Labute approximate surface area is 130 Å². The predicted octanol–water partition coefficient (Wildman–Crippen LogP) is 1.39. The number of aryl methyl sites for hydroxylation is 1. The molecular weight excluding hydrogens is 280 g/mol. The standard InChI is InChI=1S/C16H22N4O2/c1-19(2)10-9-17-16(21)15-11-14(18-20(15)3)12-5-7-13(22-4)8-6-12/h5-8,11H,9-10H2,1-4H3,(H,17,21). The fraction of sp³-hybridized carbons (Fsp3) is 0.375. The molecule has 2 aromatic rings. The van der Waals surface area contributed by atoms with Gasteiger partial charge in [0, 0.05) is 25.7 Å². The van der Waals surface area contributed by atoms with E-state index in [1.54, 1.807) is 24.9 Å². The quantitative estimate of drug-likeness (QED) is 0.876. The van der Waals surface area contributed by atoms with Crippen molar-refractivity contribution in [1.82, 2.24) is 20.0 Å². The number of hydrogen-bond donors (Lipinski definition) is 1. The summed E-state index contributed by atoms with van der Waals surface area (Å²) in [6.45, 7) is 1.41. The van der Waals surface area contributed by atoms with E-state index >= 15 is 0 Å². The van der Waals surface area contributed by atoms with Crippen LogP contribution in [-0.2, 0) is 7.05 Å². The molecule has 118 valence electrons. The molecule has 0 saturated carbocycles. The van der Waals surface area contributed by atoms with Gasteiger partial charge in [0.1, 0.15) is 11.4 Å². The summed E-state index contributed by atoms with van der Waals surface area (Å²) >= 11 is 0. The van der Waals surface area contributed by atoms with E-state index in [9.17, 15) is 4.79 Å². The SMILES string of the molecule is COc1ccc(-c2cc(C(=O)NCCN(C)C)n(C)n2)cc1. The van der Waals surface area contributed by atoms with E-state index in [1.165, 1.54) is 0 Å². The fourth-order valence-electron chi connectivity index (χ4n) is 2.07. The highest BCUT2D eigenvalue weighted by atomic mass is 16.5. The molecule has 0 spiro atoms. The van der Waals surface area contributed by atoms with Crippen molar-refractivity contribution in [1.29, 1.82) is 0 Å². The van der Waals surface area contributed by atoms with Gasteiger partial charge < -0.3 is 15.0 Å². The third kappa shape index (κ3) is 3.85. The summed E-state index contributed by atoms with van der Waals surface area (Å²) in [6.07, 6.45) is 0. The molecule has 1 amide bonds. The molecule has 0 bridgehead atoms. The van der Waals surface area contributed by atoms with E-state index in [1.807, 2.05) is 43.3 Å². The summed E-state index contributed by atoms with van der Waals surface area (Å²) in [7, 11) is 7.34. The van der Waals surface area contributed by atoms with Crippen molar-refractivity contribution in [3.05, 3.63) is 36.0 Å². The molecule has 1 heterocycles. The second kappa shape index (κ2) is 7.09. The van der Waals surface area contributed by atoms with E-state index in [4.69, 9.17) is 4.74 Å². The molecule has 6 nitrogen and oxygen atoms in total. The number of nitrogens with zero attached hydrogens (tertiary/aromatic N) is 3. The normalized spacial score (nSPS) is 10.8. The van der Waals surface area contributed by atoms with Crippen LogP contribution in [0.2, 0.25) is 0 Å². The van der Waals surface area contributed by atoms with Crippen LogP contribution in [0.15, 0.2) is 30.3 Å². The lowest BCUT2D eigenvalue weighted by atomic mass is 10.1. The molecule has 0 saturated heterocycles. The van der Waals surface area contributed by atoms with Gasteiger partial charge in [0.05, 0.1) is 12.8 Å². The highest BCUT2D eigenvalue weighted by molar-refractivity contribution is 5.93. The van der Waals surface area contributed by atoms with Gasteiger partial charge in [-0.1, -0.05) is 0 Å². The van der Waals surface area contributed by atoms with Crippen molar-refractivity contribution in [3.63, 3.8) is 0 Å². The lowest BCUT2D eigenvalue weighted by Gasteiger charge is -2.10. The van der Waals surface area contributed by atoms with Gasteiger partial charge in [-0.15, -0.1) is 0 Å². The van der Waals surface area contributed by atoms with E-state index < -0.39 is 0 Å². The Morgan fingerprint density at radius 3 is 2.59 bits per heavy atom. The van der Waals surface area contributed by atoms with Gasteiger partial charge in [0.2, 0.25) is 0 Å². The zero-order valence-electron chi connectivity index (χ0n) is 13.5. The van der Waals surface area contributed by atoms with Crippen LogP contribution in [0.1, 0.15) is 10.5 Å². The van der Waals surface area contributed by atoms with Crippen molar-refractivity contribution >= 4 is 5.91 Å². The van der Waals surface area contributed by atoms with Gasteiger partial charge in [-0.05, 0) is 44.4 Å². The average Bonchev–Trinajstić information content (AvgIpc) is 2.89. The van der Waals surface area contributed by atoms with Crippen LogP contribution in [0.4, 0.5) is 0 Å². The van der Waals surface area contributed by atoms with Crippen molar-refractivity contribution < 1.29 is 9.53 Å². The predicted molar refractivity (Wildman–Crippen MR) is 86.1 cm³/mol. The zero-order chi connectivity index (χ0) is 16.1. The number of carbonyl (C=O) groups is 1. The van der Waals surface area contributed by atoms with Crippen LogP contribution < -0.4 is 10.1 Å². The molecule has 0 radical (unpaired) electrons. The maximum Gasteiger partial charge on any atom is 0.269 e. The van der Waals surface area contributed by atoms with Gasteiger partial charge >= 0.3 is 0 Å². The number of likely N-dealkylation sites (N-methyl/N-ethyl adjacent to an activating group) is 1. The van der Waals surface area contributed by atoms with Crippen LogP contribution in [0.5, 0.6) is 5.75 Å². The minimum atomic E-state index is -0.114. The Balaban J connectivity index is 2.11. The van der Waals surface area contributed by atoms with Gasteiger partial charge in [0.15, 0.2) is 0 Å². The average molecular weight is 302 g/mol. The minimum Gasteiger partial charge on any atom is -0.497 e. The summed E-state index contributed by atoms with van der Waals surface area (Å²) in [5, 5.41) is 7.30. The van der Waals surface area contributed by atoms with Gasteiger partial charge in [-0.2, -0.15) is 5.10 Å². The van der Waals surface area contributed by atoms with Crippen molar-refractivity contribution in [2.24, 2.45) is 7.05 Å². The molecule has 1 aromatic heterocycles. The summed E-state index contributed by atoms with van der Waals surface area (Å²) in [5.74, 6) is 0.679. The highest BCUT2D eigenvalue weighted by Gasteiger charge is 2.14. The second-order valence-corrected chi connectivity index (χ2v) is 5.33. The molecule has 0 atom stereocenters. The zero-order valence-corrected chi connectivity index (χ0v) is 13.5. The summed E-state index contributed by atoms with van der Waals surface area (Å²) in [5.41, 5.74) is 2.26. The number of ether oxygens (including phenoxy) is 1. The molecule has 2 rings (SSSR count). The first-order valence-electron chi connectivity index (χ1n) is 7.12. The number of nitrogens with one attached hydrogen (secondary N) is 1. The number of aromatic nitrogens is 2. The topological polar surface area (TPSA) is 59.4 Å². The van der Waals surface area contributed by atoms with Crippen molar-refractivity contribution in [2.45, 2.75) is 0 Å². The number of amides is 1. The molecule has 1 aromatic carbocycles. The summed E-state index contributed by atoms with van der Waals surface area (Å²) in [6, 6.07) is 9.40. The van der Waals surface area contributed by atoms with Gasteiger partial charge in [-0.25, -0.2) is 0 Å². The first-order valence-corrected chi connectivity index (χ1v) is 7.12. The molecule has 0 aliphatic carbocycles. The molecule has 0 fully saturated rings. The molecule has 0 aliphatic heterocycles. The van der Waals surface area contributed by atoms with Crippen LogP contribution in [0.25, 0.3) is 11.3 Å². The van der Waals surface area contributed by atoms with E-state index in [0.29, 0.717) is 12.2 Å². The monoisotopic (exact) mass is 302 g/mol. The lowest BCUT2D eigenvalue weighted by molar-refractivity contribution is 0.0941. The number of methoxy groups -OCH3 is 1. The summed E-state index contributed by atoms with van der Waals surface area (Å²) in [4.78, 5) is 14.2. The van der Waals surface area contributed by atoms with E-state index in [2.05, 4.69) is 10.4 Å². The molecule has 0 aliphatic rings. The molecule has 1 N–H and O–H groups in total. The number of carbonyl (C=O) groups excluding carboxylic acids is 1. The Hall–Kier alpha value is -2.34. The first-order chi connectivity index (χ1) is 10.5. The van der Waals surface area contributed by atoms with Crippen LogP contribution in [0.3, 0.4) is 0 Å².